The number of amides is 1. The maximum Gasteiger partial charge on any atom is 0.253 e. The van der Waals surface area contributed by atoms with Crippen molar-refractivity contribution in [3.8, 4) is 17.6 Å². The number of halogens is 1. The van der Waals surface area contributed by atoms with Crippen molar-refractivity contribution in [2.75, 3.05) is 26.7 Å². The van der Waals surface area contributed by atoms with E-state index >= 15 is 0 Å². The second-order valence-corrected chi connectivity index (χ2v) is 11.5. The summed E-state index contributed by atoms with van der Waals surface area (Å²) < 4.78 is 48.4. The number of fused-ring (bicyclic) bond motifs is 1. The first kappa shape index (κ1) is 26.1. The lowest BCUT2D eigenvalue weighted by Crippen LogP contribution is -2.50. The second kappa shape index (κ2) is 10.6. The number of carbonyl (C=O) groups excluding carboxylic acids is 1. The van der Waals surface area contributed by atoms with E-state index in [1.54, 1.807) is 32.2 Å². The van der Waals surface area contributed by atoms with Crippen LogP contribution in [0.5, 0.6) is 5.75 Å². The molecule has 1 N–H and O–H groups in total. The molecule has 0 unspecified atom stereocenters. The number of carbonyl (C=O) groups is 1. The Morgan fingerprint density at radius 3 is 2.69 bits per heavy atom. The Morgan fingerprint density at radius 2 is 2.03 bits per heavy atom. The fraction of sp³-hybridized carbons (Fsp3) is 0.444. The predicted molar refractivity (Wildman–Crippen MR) is 133 cm³/mol. The zero-order chi connectivity index (χ0) is 26.0. The van der Waals surface area contributed by atoms with Crippen LogP contribution in [0.1, 0.15) is 42.6 Å². The van der Waals surface area contributed by atoms with Gasteiger partial charge in [-0.15, -0.1) is 0 Å². The molecule has 1 aliphatic heterocycles. The number of likely N-dealkylation sites (N-methyl/N-ethyl adjacent to an activating group) is 1. The molecule has 2 aromatic carbocycles. The van der Waals surface area contributed by atoms with Gasteiger partial charge in [0.05, 0.1) is 13.2 Å². The van der Waals surface area contributed by atoms with Crippen LogP contribution in [0.25, 0.3) is 0 Å². The van der Waals surface area contributed by atoms with E-state index in [4.69, 9.17) is 4.74 Å². The smallest absolute Gasteiger partial charge is 0.253 e. The van der Waals surface area contributed by atoms with Crippen LogP contribution in [0.15, 0.2) is 47.4 Å². The van der Waals surface area contributed by atoms with Crippen LogP contribution >= 0.6 is 0 Å². The largest absolute Gasteiger partial charge is 0.487 e. The first-order valence-electron chi connectivity index (χ1n) is 12.1. The molecule has 1 heterocycles. The van der Waals surface area contributed by atoms with Gasteiger partial charge in [-0.05, 0) is 56.2 Å². The van der Waals surface area contributed by atoms with E-state index in [0.717, 1.165) is 12.8 Å². The summed E-state index contributed by atoms with van der Waals surface area (Å²) in [6.45, 7) is 3.40. The van der Waals surface area contributed by atoms with E-state index in [0.29, 0.717) is 11.5 Å². The minimum Gasteiger partial charge on any atom is -0.487 e. The van der Waals surface area contributed by atoms with Gasteiger partial charge in [-0.1, -0.05) is 24.8 Å². The van der Waals surface area contributed by atoms with Gasteiger partial charge in [-0.2, -0.15) is 4.31 Å². The molecule has 0 saturated heterocycles. The number of ether oxygens (including phenoxy) is 1. The predicted octanol–water partition coefficient (Wildman–Crippen LogP) is 3.13. The average molecular weight is 515 g/mol. The third kappa shape index (κ3) is 5.72. The monoisotopic (exact) mass is 514 g/mol. The highest BCUT2D eigenvalue weighted by atomic mass is 32.2. The summed E-state index contributed by atoms with van der Waals surface area (Å²) in [5, 5.41) is 9.78. The molecule has 0 radical (unpaired) electrons. The first-order chi connectivity index (χ1) is 17.1. The van der Waals surface area contributed by atoms with E-state index in [1.165, 1.54) is 33.5 Å². The average Bonchev–Trinajstić information content (AvgIpc) is 3.68. The Balaban J connectivity index is 1.69. The molecular formula is C27H31FN2O5S. The van der Waals surface area contributed by atoms with Crippen molar-refractivity contribution in [1.29, 1.82) is 0 Å². The maximum absolute atomic E-state index is 13.7. The standard InChI is InChI=1S/C27H31FN2O5S/c1-18-15-30(19(2)17-31)36(33,34)26-12-11-21(10-9-20-7-8-20)13-24(26)35-25(18)16-29(3)27(32)22-5-4-6-23(28)14-22/h4-6,11-14,18-20,25,31H,7-8,15-17H2,1-3H3/t18-,19-,25+/m1/s1. The van der Waals surface area contributed by atoms with Gasteiger partial charge in [-0.25, -0.2) is 12.8 Å². The Morgan fingerprint density at radius 1 is 1.28 bits per heavy atom. The van der Waals surface area contributed by atoms with Crippen molar-refractivity contribution < 1.29 is 27.4 Å². The molecular weight excluding hydrogens is 483 g/mol. The minimum absolute atomic E-state index is 0.00391. The zero-order valence-electron chi connectivity index (χ0n) is 20.6. The summed E-state index contributed by atoms with van der Waals surface area (Å²) in [5.41, 5.74) is 0.862. The lowest BCUT2D eigenvalue weighted by atomic mass is 10.0. The van der Waals surface area contributed by atoms with Gasteiger partial charge in [0.25, 0.3) is 5.91 Å². The molecule has 2 aromatic rings. The molecule has 1 saturated carbocycles. The highest BCUT2D eigenvalue weighted by Crippen LogP contribution is 2.34. The number of rotatable bonds is 5. The van der Waals surface area contributed by atoms with Crippen molar-refractivity contribution in [3.63, 3.8) is 0 Å². The molecule has 0 bridgehead atoms. The summed E-state index contributed by atoms with van der Waals surface area (Å²) in [6, 6.07) is 9.61. The summed E-state index contributed by atoms with van der Waals surface area (Å²) >= 11 is 0. The summed E-state index contributed by atoms with van der Waals surface area (Å²) in [6.07, 6.45) is 1.58. The van der Waals surface area contributed by atoms with Crippen molar-refractivity contribution in [3.05, 3.63) is 59.4 Å². The number of aliphatic hydroxyl groups excluding tert-OH is 1. The Bertz CT molecular complexity index is 1300. The Hall–Kier alpha value is -2.93. The van der Waals surface area contributed by atoms with Gasteiger partial charge in [0, 0.05) is 42.6 Å². The third-order valence-electron chi connectivity index (χ3n) is 6.54. The number of hydrogen-bond acceptors (Lipinski definition) is 5. The van der Waals surface area contributed by atoms with Gasteiger partial charge in [-0.3, -0.25) is 4.79 Å². The number of aliphatic hydroxyl groups is 1. The highest BCUT2D eigenvalue weighted by molar-refractivity contribution is 7.89. The van der Waals surface area contributed by atoms with Crippen LogP contribution in [-0.4, -0.2) is 67.5 Å². The van der Waals surface area contributed by atoms with Crippen molar-refractivity contribution >= 4 is 15.9 Å². The Labute approximate surface area is 211 Å². The molecule has 9 heteroatoms. The second-order valence-electron chi connectivity index (χ2n) is 9.64. The summed E-state index contributed by atoms with van der Waals surface area (Å²) in [7, 11) is -2.36. The van der Waals surface area contributed by atoms with Crippen LogP contribution < -0.4 is 4.74 Å². The molecule has 1 aliphatic carbocycles. The minimum atomic E-state index is -3.96. The van der Waals surface area contributed by atoms with E-state index in [2.05, 4.69) is 11.8 Å². The zero-order valence-corrected chi connectivity index (χ0v) is 21.5. The van der Waals surface area contributed by atoms with Crippen LogP contribution in [0.2, 0.25) is 0 Å². The normalized spacial score (nSPS) is 22.1. The van der Waals surface area contributed by atoms with Crippen LogP contribution in [0.4, 0.5) is 4.39 Å². The van der Waals surface area contributed by atoms with Gasteiger partial charge >= 0.3 is 0 Å². The molecule has 0 aromatic heterocycles. The molecule has 7 nitrogen and oxygen atoms in total. The molecule has 36 heavy (non-hydrogen) atoms. The van der Waals surface area contributed by atoms with E-state index in [9.17, 15) is 22.7 Å². The maximum atomic E-state index is 13.7. The molecule has 4 rings (SSSR count). The summed E-state index contributed by atoms with van der Waals surface area (Å²) in [4.78, 5) is 14.4. The number of sulfonamides is 1. The fourth-order valence-electron chi connectivity index (χ4n) is 4.13. The van der Waals surface area contributed by atoms with Gasteiger partial charge < -0.3 is 14.7 Å². The molecule has 1 amide bonds. The van der Waals surface area contributed by atoms with Crippen molar-refractivity contribution in [1.82, 2.24) is 9.21 Å². The quantitative estimate of drug-likeness (QED) is 0.620. The van der Waals surface area contributed by atoms with Gasteiger partial charge in [0.1, 0.15) is 22.6 Å². The molecule has 192 valence electrons. The molecule has 0 spiro atoms. The molecule has 2 aliphatic rings. The molecule has 1 fully saturated rings. The van der Waals surface area contributed by atoms with E-state index in [-0.39, 0.29) is 47.7 Å². The van der Waals surface area contributed by atoms with E-state index < -0.39 is 28.0 Å². The van der Waals surface area contributed by atoms with E-state index in [1.807, 2.05) is 6.92 Å². The fourth-order valence-corrected chi connectivity index (χ4v) is 5.95. The van der Waals surface area contributed by atoms with Crippen LogP contribution in [-0.2, 0) is 10.0 Å². The number of benzene rings is 2. The topological polar surface area (TPSA) is 87.2 Å². The first-order valence-corrected chi connectivity index (χ1v) is 13.5. The third-order valence-corrected chi connectivity index (χ3v) is 8.56. The lowest BCUT2D eigenvalue weighted by molar-refractivity contribution is 0.0563. The number of nitrogens with zero attached hydrogens (tertiary/aromatic N) is 2. The van der Waals surface area contributed by atoms with Crippen molar-refractivity contribution in [2.45, 2.75) is 43.7 Å². The van der Waals surface area contributed by atoms with Crippen LogP contribution in [0, 0.1) is 29.5 Å². The van der Waals surface area contributed by atoms with Crippen LogP contribution in [0.3, 0.4) is 0 Å². The lowest BCUT2D eigenvalue weighted by Gasteiger charge is -2.37. The van der Waals surface area contributed by atoms with Crippen molar-refractivity contribution in [2.24, 2.45) is 11.8 Å². The number of hydrogen-bond donors (Lipinski definition) is 1. The Kier molecular flexibility index (Phi) is 7.69. The SMILES string of the molecule is C[C@@H]1CN([C@H](C)CO)S(=O)(=O)c2ccc(C#CC3CC3)cc2O[C@H]1CN(C)C(=O)c1cccc(F)c1. The van der Waals surface area contributed by atoms with Gasteiger partial charge in [0.2, 0.25) is 10.0 Å². The highest BCUT2D eigenvalue weighted by Gasteiger charge is 2.38. The summed E-state index contributed by atoms with van der Waals surface area (Å²) in [5.74, 6) is 5.62. The molecule has 3 atom stereocenters. The van der Waals surface area contributed by atoms with Gasteiger partial charge in [0.15, 0.2) is 0 Å².